The molecule has 1 amide bonds. The number of carbonyl (C=O) groups is 1. The van der Waals surface area contributed by atoms with Crippen LogP contribution in [0.15, 0.2) is 39.7 Å². The number of hydrogen-bond donors (Lipinski definition) is 3. The quantitative estimate of drug-likeness (QED) is 0.474. The molecule has 0 fully saturated rings. The van der Waals surface area contributed by atoms with Gasteiger partial charge in [-0.1, -0.05) is 15.9 Å². The SMILES string of the molecule is CNC(=S)NS(=O)(=O)c1cc2c(cc1OC)OCC(NC(=O)c1cc(Br)ccc1OC)C2. The van der Waals surface area contributed by atoms with Crippen molar-refractivity contribution >= 4 is 49.2 Å². The van der Waals surface area contributed by atoms with E-state index in [1.54, 1.807) is 18.2 Å². The van der Waals surface area contributed by atoms with E-state index in [0.717, 1.165) is 4.47 Å². The number of sulfonamides is 1. The molecule has 1 aliphatic heterocycles. The standard InChI is InChI=1S/C20H22BrN3O6S2/c1-22-20(31)24-32(26,27)18-7-11-6-13(10-30-16(11)9-17(18)29-3)23-19(25)14-8-12(21)4-5-15(14)28-2/h4-5,7-9,13H,6,10H2,1-3H3,(H,23,25)(H2,22,24,31). The van der Waals surface area contributed by atoms with Gasteiger partial charge in [-0.2, -0.15) is 0 Å². The van der Waals surface area contributed by atoms with Crippen LogP contribution in [0.1, 0.15) is 15.9 Å². The average Bonchev–Trinajstić information content (AvgIpc) is 2.77. The van der Waals surface area contributed by atoms with E-state index in [0.29, 0.717) is 29.0 Å². The fourth-order valence-corrected chi connectivity index (χ4v) is 5.05. The number of ether oxygens (including phenoxy) is 3. The first-order valence-electron chi connectivity index (χ1n) is 9.41. The van der Waals surface area contributed by atoms with Crippen molar-refractivity contribution in [1.29, 1.82) is 0 Å². The Morgan fingerprint density at radius 1 is 1.19 bits per heavy atom. The van der Waals surface area contributed by atoms with Crippen molar-refractivity contribution < 1.29 is 27.4 Å². The molecule has 1 unspecified atom stereocenters. The number of methoxy groups -OCH3 is 2. The monoisotopic (exact) mass is 543 g/mol. The van der Waals surface area contributed by atoms with Gasteiger partial charge in [-0.25, -0.2) is 8.42 Å². The summed E-state index contributed by atoms with van der Waals surface area (Å²) in [6.07, 6.45) is 0.361. The summed E-state index contributed by atoms with van der Waals surface area (Å²) in [6, 6.07) is 7.73. The second-order valence-corrected chi connectivity index (χ2v) is 9.80. The Labute approximate surface area is 200 Å². The molecule has 32 heavy (non-hydrogen) atoms. The van der Waals surface area contributed by atoms with Gasteiger partial charge in [-0.05, 0) is 48.5 Å². The van der Waals surface area contributed by atoms with Crippen LogP contribution in [0.3, 0.4) is 0 Å². The van der Waals surface area contributed by atoms with Crippen LogP contribution in [0.5, 0.6) is 17.2 Å². The largest absolute Gasteiger partial charge is 0.496 e. The molecule has 12 heteroatoms. The van der Waals surface area contributed by atoms with Gasteiger partial charge in [0.05, 0.1) is 25.8 Å². The Hall–Kier alpha value is -2.57. The first kappa shape index (κ1) is 24.1. The fourth-order valence-electron chi connectivity index (χ4n) is 3.20. The van der Waals surface area contributed by atoms with E-state index < -0.39 is 10.0 Å². The van der Waals surface area contributed by atoms with E-state index in [2.05, 4.69) is 31.3 Å². The number of thiocarbonyl (C=S) groups is 1. The number of nitrogens with one attached hydrogen (secondary N) is 3. The normalized spacial score (nSPS) is 15.1. The first-order chi connectivity index (χ1) is 15.2. The predicted octanol–water partition coefficient (Wildman–Crippen LogP) is 1.98. The summed E-state index contributed by atoms with van der Waals surface area (Å²) in [5, 5.41) is 5.43. The maximum Gasteiger partial charge on any atom is 0.267 e. The summed E-state index contributed by atoms with van der Waals surface area (Å²) in [5.74, 6) is 0.717. The molecule has 1 heterocycles. The van der Waals surface area contributed by atoms with Gasteiger partial charge in [0.1, 0.15) is 28.8 Å². The molecule has 9 nitrogen and oxygen atoms in total. The minimum Gasteiger partial charge on any atom is -0.496 e. The molecule has 3 N–H and O–H groups in total. The summed E-state index contributed by atoms with van der Waals surface area (Å²) in [6.45, 7) is 0.215. The Morgan fingerprint density at radius 3 is 2.56 bits per heavy atom. The minimum atomic E-state index is -3.99. The van der Waals surface area contributed by atoms with Crippen molar-refractivity contribution in [3.8, 4) is 17.2 Å². The van der Waals surface area contributed by atoms with E-state index in [1.807, 2.05) is 0 Å². The fraction of sp³-hybridized carbons (Fsp3) is 0.300. The van der Waals surface area contributed by atoms with Crippen molar-refractivity contribution in [3.05, 3.63) is 45.9 Å². The van der Waals surface area contributed by atoms with Crippen LogP contribution in [0.4, 0.5) is 0 Å². The maximum absolute atomic E-state index is 12.8. The van der Waals surface area contributed by atoms with Crippen molar-refractivity contribution in [2.45, 2.75) is 17.4 Å². The van der Waals surface area contributed by atoms with Crippen LogP contribution in [-0.2, 0) is 16.4 Å². The molecule has 0 saturated heterocycles. The summed E-state index contributed by atoms with van der Waals surface area (Å²) in [7, 11) is 0.380. The van der Waals surface area contributed by atoms with Crippen LogP contribution in [0.25, 0.3) is 0 Å². The predicted molar refractivity (Wildman–Crippen MR) is 126 cm³/mol. The third-order valence-electron chi connectivity index (χ3n) is 4.74. The molecule has 2 aromatic carbocycles. The molecule has 3 rings (SSSR count). The third kappa shape index (κ3) is 5.25. The lowest BCUT2D eigenvalue weighted by molar-refractivity contribution is 0.0912. The van der Waals surface area contributed by atoms with Crippen LogP contribution < -0.4 is 29.6 Å². The van der Waals surface area contributed by atoms with E-state index in [1.165, 1.54) is 33.4 Å². The lowest BCUT2D eigenvalue weighted by Gasteiger charge is -2.27. The van der Waals surface area contributed by atoms with Crippen LogP contribution in [0, 0.1) is 0 Å². The van der Waals surface area contributed by atoms with Gasteiger partial charge < -0.3 is 24.8 Å². The molecule has 1 aliphatic rings. The number of fused-ring (bicyclic) bond motifs is 1. The van der Waals surface area contributed by atoms with E-state index in [9.17, 15) is 13.2 Å². The van der Waals surface area contributed by atoms with Gasteiger partial charge in [0.25, 0.3) is 15.9 Å². The second-order valence-electron chi connectivity index (χ2n) is 6.83. The van der Waals surface area contributed by atoms with Gasteiger partial charge in [-0.15, -0.1) is 0 Å². The van der Waals surface area contributed by atoms with Crippen LogP contribution >= 0.6 is 28.1 Å². The molecular weight excluding hydrogens is 522 g/mol. The van der Waals surface area contributed by atoms with Crippen molar-refractivity contribution in [1.82, 2.24) is 15.4 Å². The molecule has 2 aromatic rings. The number of rotatable bonds is 6. The molecule has 1 atom stereocenters. The molecular formula is C20H22BrN3O6S2. The van der Waals surface area contributed by atoms with Crippen molar-refractivity contribution in [2.24, 2.45) is 0 Å². The molecule has 0 radical (unpaired) electrons. The van der Waals surface area contributed by atoms with Gasteiger partial charge in [0.2, 0.25) is 0 Å². The van der Waals surface area contributed by atoms with E-state index in [-0.39, 0.29) is 34.3 Å². The molecule has 0 spiro atoms. The third-order valence-corrected chi connectivity index (χ3v) is 7.04. The van der Waals surface area contributed by atoms with Gasteiger partial charge in [0, 0.05) is 17.6 Å². The lowest BCUT2D eigenvalue weighted by Crippen LogP contribution is -2.43. The summed E-state index contributed by atoms with van der Waals surface area (Å²) in [5.41, 5.74) is 0.981. The van der Waals surface area contributed by atoms with Gasteiger partial charge in [-0.3, -0.25) is 9.52 Å². The van der Waals surface area contributed by atoms with Crippen molar-refractivity contribution in [2.75, 3.05) is 27.9 Å². The van der Waals surface area contributed by atoms with Gasteiger partial charge in [0.15, 0.2) is 5.11 Å². The lowest BCUT2D eigenvalue weighted by atomic mass is 10.0. The first-order valence-corrected chi connectivity index (χ1v) is 12.1. The van der Waals surface area contributed by atoms with Crippen LogP contribution in [-0.4, -0.2) is 53.4 Å². The maximum atomic E-state index is 12.8. The van der Waals surface area contributed by atoms with Crippen LogP contribution in [0.2, 0.25) is 0 Å². The van der Waals surface area contributed by atoms with E-state index in [4.69, 9.17) is 26.4 Å². The number of amides is 1. The molecule has 0 aromatic heterocycles. The van der Waals surface area contributed by atoms with Crippen molar-refractivity contribution in [3.63, 3.8) is 0 Å². The smallest absolute Gasteiger partial charge is 0.267 e. The number of benzene rings is 2. The average molecular weight is 544 g/mol. The highest BCUT2D eigenvalue weighted by molar-refractivity contribution is 9.10. The molecule has 172 valence electrons. The molecule has 0 aliphatic carbocycles. The minimum absolute atomic E-state index is 0.0471. The molecule has 0 saturated carbocycles. The topological polar surface area (TPSA) is 115 Å². The zero-order chi connectivity index (χ0) is 23.5. The highest BCUT2D eigenvalue weighted by Gasteiger charge is 2.28. The number of hydrogen-bond acceptors (Lipinski definition) is 7. The highest BCUT2D eigenvalue weighted by atomic mass is 79.9. The number of halogens is 1. The highest BCUT2D eigenvalue weighted by Crippen LogP contribution is 2.35. The molecule has 0 bridgehead atoms. The second kappa shape index (κ2) is 9.92. The van der Waals surface area contributed by atoms with E-state index >= 15 is 0 Å². The Kier molecular flexibility index (Phi) is 7.47. The summed E-state index contributed by atoms with van der Waals surface area (Å²) >= 11 is 8.27. The summed E-state index contributed by atoms with van der Waals surface area (Å²) < 4.78 is 44.8. The zero-order valence-electron chi connectivity index (χ0n) is 17.5. The summed E-state index contributed by atoms with van der Waals surface area (Å²) in [4.78, 5) is 12.7. The Bertz CT molecular complexity index is 1160. The van der Waals surface area contributed by atoms with Gasteiger partial charge >= 0.3 is 0 Å². The number of carbonyl (C=O) groups excluding carboxylic acids is 1. The Morgan fingerprint density at radius 2 is 1.91 bits per heavy atom. The Balaban J connectivity index is 1.85. The zero-order valence-corrected chi connectivity index (χ0v) is 20.7.